The smallest absolute Gasteiger partial charge is 0.291 e. The Morgan fingerprint density at radius 2 is 2.07 bits per heavy atom. The van der Waals surface area contributed by atoms with E-state index in [2.05, 4.69) is 15.6 Å². The van der Waals surface area contributed by atoms with E-state index in [1.807, 2.05) is 12.1 Å². The summed E-state index contributed by atoms with van der Waals surface area (Å²) in [6, 6.07) is 13.7. The molecule has 27 heavy (non-hydrogen) atoms. The van der Waals surface area contributed by atoms with E-state index < -0.39 is 5.91 Å². The van der Waals surface area contributed by atoms with Gasteiger partial charge in [0, 0.05) is 16.8 Å². The van der Waals surface area contributed by atoms with Gasteiger partial charge in [-0.1, -0.05) is 23.7 Å². The van der Waals surface area contributed by atoms with E-state index in [1.54, 1.807) is 41.2 Å². The van der Waals surface area contributed by atoms with Crippen LogP contribution in [0.1, 0.15) is 21.6 Å². The van der Waals surface area contributed by atoms with Crippen LogP contribution in [-0.4, -0.2) is 34.1 Å². The van der Waals surface area contributed by atoms with Crippen LogP contribution in [0.3, 0.4) is 0 Å². The minimum atomic E-state index is -0.455. The number of benzene rings is 2. The zero-order valence-corrected chi connectivity index (χ0v) is 15.2. The van der Waals surface area contributed by atoms with E-state index in [-0.39, 0.29) is 11.4 Å². The van der Waals surface area contributed by atoms with Crippen molar-refractivity contribution in [1.82, 2.24) is 15.2 Å². The summed E-state index contributed by atoms with van der Waals surface area (Å²) in [5.74, 6) is 0.144. The van der Waals surface area contributed by atoms with Crippen molar-refractivity contribution in [3.8, 4) is 11.5 Å². The van der Waals surface area contributed by atoms with Gasteiger partial charge in [-0.2, -0.15) is 10.2 Å². The van der Waals surface area contributed by atoms with Crippen molar-refractivity contribution in [3.63, 3.8) is 0 Å². The Kier molecular flexibility index (Phi) is 5.73. The number of carbonyl (C=O) groups excluding carboxylic acids is 1. The molecular weight excluding hydrogens is 368 g/mol. The highest BCUT2D eigenvalue weighted by Gasteiger charge is 2.09. The van der Waals surface area contributed by atoms with E-state index in [4.69, 9.17) is 16.3 Å². The number of rotatable bonds is 6. The van der Waals surface area contributed by atoms with Crippen molar-refractivity contribution < 1.29 is 14.6 Å². The Bertz CT molecular complexity index is 967. The number of carbonyl (C=O) groups is 1. The number of hydrazone groups is 1. The van der Waals surface area contributed by atoms with Gasteiger partial charge in [0.05, 0.1) is 19.9 Å². The predicted octanol–water partition coefficient (Wildman–Crippen LogP) is 3.06. The lowest BCUT2D eigenvalue weighted by Gasteiger charge is -2.03. The maximum atomic E-state index is 12.1. The molecule has 0 aliphatic heterocycles. The molecule has 0 unspecified atom stereocenters. The molecule has 3 aromatic rings. The molecule has 2 aromatic carbocycles. The topological polar surface area (TPSA) is 88.7 Å². The predicted molar refractivity (Wildman–Crippen MR) is 102 cm³/mol. The van der Waals surface area contributed by atoms with E-state index in [0.29, 0.717) is 22.9 Å². The fourth-order valence-electron chi connectivity index (χ4n) is 2.33. The molecule has 0 spiro atoms. The molecule has 0 saturated carbocycles. The van der Waals surface area contributed by atoms with Crippen LogP contribution in [0.15, 0.2) is 59.8 Å². The second-order valence-corrected chi connectivity index (χ2v) is 6.09. The van der Waals surface area contributed by atoms with Gasteiger partial charge < -0.3 is 9.84 Å². The fourth-order valence-corrected chi connectivity index (χ4v) is 2.45. The average Bonchev–Trinajstić information content (AvgIpc) is 3.13. The number of amides is 1. The van der Waals surface area contributed by atoms with Gasteiger partial charge in [0.25, 0.3) is 5.91 Å². The summed E-state index contributed by atoms with van der Waals surface area (Å²) in [7, 11) is 1.52. The maximum absolute atomic E-state index is 12.1. The molecule has 0 aliphatic carbocycles. The molecule has 2 N–H and O–H groups in total. The lowest BCUT2D eigenvalue weighted by atomic mass is 10.2. The summed E-state index contributed by atoms with van der Waals surface area (Å²) in [6.07, 6.45) is 3.04. The summed E-state index contributed by atoms with van der Waals surface area (Å²) in [6.45, 7) is 0.519. The van der Waals surface area contributed by atoms with Crippen LogP contribution < -0.4 is 10.2 Å². The van der Waals surface area contributed by atoms with Crippen LogP contribution in [0.5, 0.6) is 11.5 Å². The lowest BCUT2D eigenvalue weighted by molar-refractivity contribution is 0.0949. The van der Waals surface area contributed by atoms with Crippen LogP contribution in [0.4, 0.5) is 0 Å². The quantitative estimate of drug-likeness (QED) is 0.505. The summed E-state index contributed by atoms with van der Waals surface area (Å²) in [5.41, 5.74) is 4.05. The normalized spacial score (nSPS) is 10.9. The van der Waals surface area contributed by atoms with Crippen molar-refractivity contribution in [2.75, 3.05) is 7.11 Å². The highest BCUT2D eigenvalue weighted by molar-refractivity contribution is 6.30. The molecule has 1 amide bonds. The first kappa shape index (κ1) is 18.5. The number of aromatic hydroxyl groups is 1. The van der Waals surface area contributed by atoms with Crippen LogP contribution in [0.2, 0.25) is 5.02 Å². The maximum Gasteiger partial charge on any atom is 0.291 e. The Morgan fingerprint density at radius 1 is 1.30 bits per heavy atom. The number of phenols is 1. The number of nitrogens with zero attached hydrogens (tertiary/aromatic N) is 3. The van der Waals surface area contributed by atoms with Gasteiger partial charge in [-0.3, -0.25) is 9.48 Å². The summed E-state index contributed by atoms with van der Waals surface area (Å²) in [5, 5.41) is 18.5. The number of aromatic nitrogens is 2. The molecule has 3 rings (SSSR count). The molecular formula is C19H17ClN4O3. The van der Waals surface area contributed by atoms with Gasteiger partial charge in [0.1, 0.15) is 11.5 Å². The monoisotopic (exact) mass is 384 g/mol. The largest absolute Gasteiger partial charge is 0.507 e. The third-order valence-corrected chi connectivity index (χ3v) is 3.99. The van der Waals surface area contributed by atoms with Crippen molar-refractivity contribution in [1.29, 1.82) is 0 Å². The Balaban J connectivity index is 1.62. The Hall–Kier alpha value is -3.32. The van der Waals surface area contributed by atoms with Gasteiger partial charge in [0.2, 0.25) is 0 Å². The van der Waals surface area contributed by atoms with Crippen molar-refractivity contribution in [3.05, 3.63) is 76.6 Å². The number of methoxy groups -OCH3 is 1. The third-order valence-electron chi connectivity index (χ3n) is 3.74. The molecule has 8 heteroatoms. The van der Waals surface area contributed by atoms with E-state index in [1.165, 1.54) is 19.4 Å². The first-order chi connectivity index (χ1) is 13.0. The molecule has 138 valence electrons. The molecule has 0 bridgehead atoms. The molecule has 0 saturated heterocycles. The van der Waals surface area contributed by atoms with Gasteiger partial charge in [-0.25, -0.2) is 5.43 Å². The highest BCUT2D eigenvalue weighted by Crippen LogP contribution is 2.20. The van der Waals surface area contributed by atoms with E-state index in [0.717, 1.165) is 5.56 Å². The number of hydrogen-bond donors (Lipinski definition) is 2. The average molecular weight is 385 g/mol. The van der Waals surface area contributed by atoms with Crippen molar-refractivity contribution in [2.24, 2.45) is 5.10 Å². The van der Waals surface area contributed by atoms with Crippen LogP contribution in [0.25, 0.3) is 0 Å². The zero-order chi connectivity index (χ0) is 19.2. The van der Waals surface area contributed by atoms with E-state index in [9.17, 15) is 9.90 Å². The first-order valence-corrected chi connectivity index (χ1v) is 8.41. The molecule has 1 heterocycles. The van der Waals surface area contributed by atoms with Crippen LogP contribution in [-0.2, 0) is 6.54 Å². The van der Waals surface area contributed by atoms with Gasteiger partial charge in [0.15, 0.2) is 5.69 Å². The molecule has 0 fully saturated rings. The molecule has 0 atom stereocenters. The van der Waals surface area contributed by atoms with Gasteiger partial charge >= 0.3 is 0 Å². The highest BCUT2D eigenvalue weighted by atomic mass is 35.5. The van der Waals surface area contributed by atoms with E-state index >= 15 is 0 Å². The van der Waals surface area contributed by atoms with Gasteiger partial charge in [-0.15, -0.1) is 0 Å². The minimum absolute atomic E-state index is 0.0287. The number of nitrogens with one attached hydrogen (secondary N) is 1. The van der Waals surface area contributed by atoms with Gasteiger partial charge in [-0.05, 0) is 42.0 Å². The minimum Gasteiger partial charge on any atom is -0.507 e. The summed E-state index contributed by atoms with van der Waals surface area (Å²) in [4.78, 5) is 12.1. The standard InChI is InChI=1S/C19H17ClN4O3/c1-27-16-6-7-18(25)14(10-16)11-21-22-19(26)17-8-9-24(23-17)12-13-2-4-15(20)5-3-13/h2-11,25H,12H2,1H3,(H,22,26)/b21-11-. The third kappa shape index (κ3) is 4.86. The Labute approximate surface area is 160 Å². The number of hydrogen-bond acceptors (Lipinski definition) is 5. The lowest BCUT2D eigenvalue weighted by Crippen LogP contribution is -2.18. The Morgan fingerprint density at radius 3 is 2.81 bits per heavy atom. The van der Waals surface area contributed by atoms with Crippen LogP contribution in [0, 0.1) is 0 Å². The van der Waals surface area contributed by atoms with Crippen molar-refractivity contribution >= 4 is 23.7 Å². The SMILES string of the molecule is COc1ccc(O)c(/C=N\NC(=O)c2ccn(Cc3ccc(Cl)cc3)n2)c1. The number of ether oxygens (including phenoxy) is 1. The number of phenolic OH excluding ortho intramolecular Hbond substituents is 1. The summed E-state index contributed by atoms with van der Waals surface area (Å²) >= 11 is 5.87. The molecule has 0 aliphatic rings. The fraction of sp³-hybridized carbons (Fsp3) is 0.105. The second kappa shape index (κ2) is 8.37. The van der Waals surface area contributed by atoms with Crippen LogP contribution >= 0.6 is 11.6 Å². The molecule has 7 nitrogen and oxygen atoms in total. The summed E-state index contributed by atoms with van der Waals surface area (Å²) < 4.78 is 6.73. The second-order valence-electron chi connectivity index (χ2n) is 5.65. The molecule has 0 radical (unpaired) electrons. The zero-order valence-electron chi connectivity index (χ0n) is 14.5. The first-order valence-electron chi connectivity index (χ1n) is 8.03. The van der Waals surface area contributed by atoms with Crippen molar-refractivity contribution in [2.45, 2.75) is 6.54 Å². The number of halogens is 1. The molecule has 1 aromatic heterocycles.